The number of phenolic OH excluding ortho intramolecular Hbond substituents is 1. The van der Waals surface area contributed by atoms with Gasteiger partial charge in [-0.15, -0.1) is 0 Å². The second kappa shape index (κ2) is 7.90. The molecule has 1 aromatic rings. The number of aryl methyl sites for hydroxylation is 1. The number of Topliss-reactive ketones (excluding diaryl/α,β-unsaturated/α-hetero) is 1. The van der Waals surface area contributed by atoms with Gasteiger partial charge in [0.05, 0.1) is 0 Å². The maximum Gasteiger partial charge on any atom is 0.137 e. The Morgan fingerprint density at radius 3 is 2.76 bits per heavy atom. The van der Waals surface area contributed by atoms with Crippen LogP contribution in [-0.2, 0) is 4.79 Å². The lowest BCUT2D eigenvalue weighted by atomic mass is 9.93. The van der Waals surface area contributed by atoms with Crippen LogP contribution in [0.2, 0.25) is 0 Å². The molecule has 1 aliphatic heterocycles. The smallest absolute Gasteiger partial charge is 0.137 e. The SMILES string of the molecule is C/C(=C\CC[C@@]1(C)C=Cc2cc(O)c(C)cc2O1)CC(=O)CC(C)C. The molecular weight excluding hydrogens is 312 g/mol. The van der Waals surface area contributed by atoms with E-state index in [9.17, 15) is 9.90 Å². The van der Waals surface area contributed by atoms with E-state index in [4.69, 9.17) is 4.74 Å². The van der Waals surface area contributed by atoms with E-state index in [-0.39, 0.29) is 5.60 Å². The molecule has 0 aromatic heterocycles. The van der Waals surface area contributed by atoms with E-state index in [2.05, 4.69) is 32.9 Å². The molecule has 0 fully saturated rings. The Kier molecular flexibility index (Phi) is 6.10. The van der Waals surface area contributed by atoms with E-state index in [0.29, 0.717) is 30.3 Å². The van der Waals surface area contributed by atoms with Crippen molar-refractivity contribution in [2.75, 3.05) is 0 Å². The van der Waals surface area contributed by atoms with Crippen molar-refractivity contribution in [1.82, 2.24) is 0 Å². The fourth-order valence-electron chi connectivity index (χ4n) is 3.11. The zero-order valence-electron chi connectivity index (χ0n) is 16.1. The summed E-state index contributed by atoms with van der Waals surface area (Å²) in [5.41, 5.74) is 2.49. The third kappa shape index (κ3) is 5.48. The average Bonchev–Trinajstić information content (AvgIpc) is 2.48. The van der Waals surface area contributed by atoms with Gasteiger partial charge in [0, 0.05) is 18.4 Å². The molecule has 136 valence electrons. The summed E-state index contributed by atoms with van der Waals surface area (Å²) >= 11 is 0. The first-order chi connectivity index (χ1) is 11.7. The van der Waals surface area contributed by atoms with Crippen LogP contribution in [0.3, 0.4) is 0 Å². The zero-order chi connectivity index (χ0) is 18.6. The molecule has 0 saturated carbocycles. The number of allylic oxidation sites excluding steroid dienone is 2. The monoisotopic (exact) mass is 342 g/mol. The highest BCUT2D eigenvalue weighted by molar-refractivity contribution is 5.80. The molecule has 0 unspecified atom stereocenters. The highest BCUT2D eigenvalue weighted by Gasteiger charge is 2.27. The Balaban J connectivity index is 1.94. The molecule has 2 rings (SSSR count). The molecule has 0 amide bonds. The van der Waals surface area contributed by atoms with Gasteiger partial charge in [0.1, 0.15) is 22.9 Å². The van der Waals surface area contributed by atoms with E-state index >= 15 is 0 Å². The number of ether oxygens (including phenoxy) is 1. The summed E-state index contributed by atoms with van der Waals surface area (Å²) < 4.78 is 6.18. The van der Waals surface area contributed by atoms with Crippen molar-refractivity contribution < 1.29 is 14.6 Å². The fourth-order valence-corrected chi connectivity index (χ4v) is 3.11. The van der Waals surface area contributed by atoms with Crippen LogP contribution < -0.4 is 4.74 Å². The Morgan fingerprint density at radius 2 is 2.08 bits per heavy atom. The zero-order valence-corrected chi connectivity index (χ0v) is 16.1. The minimum atomic E-state index is -0.366. The topological polar surface area (TPSA) is 46.5 Å². The quantitative estimate of drug-likeness (QED) is 0.656. The van der Waals surface area contributed by atoms with E-state index in [1.54, 1.807) is 6.07 Å². The number of benzene rings is 1. The molecular formula is C22H30O3. The molecule has 3 nitrogen and oxygen atoms in total. The number of phenols is 1. The lowest BCUT2D eigenvalue weighted by Gasteiger charge is -2.31. The predicted octanol–water partition coefficient (Wildman–Crippen LogP) is 5.60. The number of hydrogen-bond donors (Lipinski definition) is 1. The Hall–Kier alpha value is -2.03. The van der Waals surface area contributed by atoms with Gasteiger partial charge < -0.3 is 9.84 Å². The van der Waals surface area contributed by atoms with E-state index in [0.717, 1.165) is 35.3 Å². The molecule has 3 heteroatoms. The van der Waals surface area contributed by atoms with Crippen LogP contribution in [-0.4, -0.2) is 16.5 Å². The van der Waals surface area contributed by atoms with Crippen LogP contribution in [0, 0.1) is 12.8 Å². The molecule has 0 saturated heterocycles. The Morgan fingerprint density at radius 1 is 1.36 bits per heavy atom. The second-order valence-corrected chi connectivity index (χ2v) is 7.83. The number of rotatable bonds is 7. The first kappa shape index (κ1) is 19.3. The maximum atomic E-state index is 11.9. The summed E-state index contributed by atoms with van der Waals surface area (Å²) in [6.07, 6.45) is 9.13. The highest BCUT2D eigenvalue weighted by atomic mass is 16.5. The summed E-state index contributed by atoms with van der Waals surface area (Å²) in [6.45, 7) is 10.1. The Bertz CT molecular complexity index is 697. The van der Waals surface area contributed by atoms with E-state index in [1.165, 1.54) is 0 Å². The van der Waals surface area contributed by atoms with Crippen LogP contribution in [0.1, 0.15) is 64.5 Å². The molecule has 0 aliphatic carbocycles. The predicted molar refractivity (Wildman–Crippen MR) is 103 cm³/mol. The van der Waals surface area contributed by atoms with Crippen molar-refractivity contribution in [3.8, 4) is 11.5 Å². The molecule has 1 heterocycles. The van der Waals surface area contributed by atoms with Crippen molar-refractivity contribution in [2.45, 2.75) is 65.9 Å². The molecule has 1 atom stereocenters. The standard InChI is InChI=1S/C22H30O3/c1-15(2)11-19(23)12-16(3)7-6-9-22(5)10-8-18-14-20(24)17(4)13-21(18)25-22/h7-8,10,13-15,24H,6,9,11-12H2,1-5H3/b16-7+/t22-/m0/s1. The van der Waals surface area contributed by atoms with Gasteiger partial charge in [0.25, 0.3) is 0 Å². The number of aromatic hydroxyl groups is 1. The number of ketones is 1. The minimum Gasteiger partial charge on any atom is -0.508 e. The molecule has 1 N–H and O–H groups in total. The van der Waals surface area contributed by atoms with Crippen LogP contribution >= 0.6 is 0 Å². The molecule has 0 radical (unpaired) electrons. The van der Waals surface area contributed by atoms with Crippen LogP contribution in [0.25, 0.3) is 6.08 Å². The van der Waals surface area contributed by atoms with E-state index < -0.39 is 0 Å². The fraction of sp³-hybridized carbons (Fsp3) is 0.500. The summed E-state index contributed by atoms with van der Waals surface area (Å²) in [4.78, 5) is 11.9. The molecule has 1 aliphatic rings. The van der Waals surface area contributed by atoms with Crippen molar-refractivity contribution in [3.63, 3.8) is 0 Å². The van der Waals surface area contributed by atoms with Crippen LogP contribution in [0.5, 0.6) is 11.5 Å². The van der Waals surface area contributed by atoms with Gasteiger partial charge in [-0.3, -0.25) is 4.79 Å². The molecule has 1 aromatic carbocycles. The van der Waals surface area contributed by atoms with Crippen molar-refractivity contribution in [1.29, 1.82) is 0 Å². The lowest BCUT2D eigenvalue weighted by Crippen LogP contribution is -2.31. The summed E-state index contributed by atoms with van der Waals surface area (Å²) in [5, 5.41) is 9.81. The number of carbonyl (C=O) groups excluding carboxylic acids is 1. The van der Waals surface area contributed by atoms with Gasteiger partial charge in [0.2, 0.25) is 0 Å². The summed E-state index contributed by atoms with van der Waals surface area (Å²) in [7, 11) is 0. The van der Waals surface area contributed by atoms with Crippen LogP contribution in [0.4, 0.5) is 0 Å². The van der Waals surface area contributed by atoms with Crippen molar-refractivity contribution >= 4 is 11.9 Å². The average molecular weight is 342 g/mol. The second-order valence-electron chi connectivity index (χ2n) is 7.83. The molecule has 25 heavy (non-hydrogen) atoms. The van der Waals surface area contributed by atoms with Gasteiger partial charge in [-0.05, 0) is 63.3 Å². The third-order valence-electron chi connectivity index (χ3n) is 4.53. The van der Waals surface area contributed by atoms with Crippen molar-refractivity contribution in [3.05, 3.63) is 41.0 Å². The Labute approximate surface area is 151 Å². The summed E-state index contributed by atoms with van der Waals surface area (Å²) in [6, 6.07) is 3.63. The third-order valence-corrected chi connectivity index (χ3v) is 4.53. The van der Waals surface area contributed by atoms with Crippen molar-refractivity contribution in [2.24, 2.45) is 5.92 Å². The molecule has 0 spiro atoms. The maximum absolute atomic E-state index is 11.9. The number of hydrogen-bond acceptors (Lipinski definition) is 3. The largest absolute Gasteiger partial charge is 0.508 e. The van der Waals surface area contributed by atoms with Gasteiger partial charge in [-0.25, -0.2) is 0 Å². The first-order valence-corrected chi connectivity index (χ1v) is 9.08. The molecule has 0 bridgehead atoms. The van der Waals surface area contributed by atoms with Gasteiger partial charge in [0.15, 0.2) is 0 Å². The normalized spacial score (nSPS) is 19.7. The van der Waals surface area contributed by atoms with E-state index in [1.807, 2.05) is 26.0 Å². The number of carbonyl (C=O) groups is 1. The highest BCUT2D eigenvalue weighted by Crippen LogP contribution is 2.37. The van der Waals surface area contributed by atoms with Gasteiger partial charge in [-0.1, -0.05) is 31.6 Å². The lowest BCUT2D eigenvalue weighted by molar-refractivity contribution is -0.119. The number of fused-ring (bicyclic) bond motifs is 1. The minimum absolute atomic E-state index is 0.292. The van der Waals surface area contributed by atoms with Gasteiger partial charge >= 0.3 is 0 Å². The van der Waals surface area contributed by atoms with Crippen LogP contribution in [0.15, 0.2) is 29.9 Å². The van der Waals surface area contributed by atoms with Gasteiger partial charge in [-0.2, -0.15) is 0 Å². The summed E-state index contributed by atoms with van der Waals surface area (Å²) in [5.74, 6) is 1.84. The first-order valence-electron chi connectivity index (χ1n) is 9.08.